The van der Waals surface area contributed by atoms with Gasteiger partial charge in [0.05, 0.1) is 0 Å². The van der Waals surface area contributed by atoms with E-state index in [-0.39, 0.29) is 0 Å². The average molecular weight is 291 g/mol. The Labute approximate surface area is 129 Å². The van der Waals surface area contributed by atoms with Crippen molar-refractivity contribution in [1.82, 2.24) is 15.0 Å². The van der Waals surface area contributed by atoms with Crippen molar-refractivity contribution in [2.45, 2.75) is 13.1 Å². The molecule has 5 nitrogen and oxygen atoms in total. The molecule has 1 aromatic carbocycles. The number of nitrogens with zero attached hydrogens (tertiary/aromatic N) is 3. The highest BCUT2D eigenvalue weighted by Crippen LogP contribution is 2.09. The molecule has 2 heterocycles. The topological polar surface area (TPSA) is 62.7 Å². The van der Waals surface area contributed by atoms with E-state index in [0.717, 1.165) is 17.9 Å². The Morgan fingerprint density at radius 2 is 1.45 bits per heavy atom. The number of benzene rings is 1. The predicted octanol–water partition coefficient (Wildman–Crippen LogP) is 3.10. The van der Waals surface area contributed by atoms with Crippen LogP contribution in [-0.2, 0) is 13.1 Å². The molecule has 0 fully saturated rings. The van der Waals surface area contributed by atoms with Crippen molar-refractivity contribution >= 4 is 11.8 Å². The molecule has 0 amide bonds. The number of rotatable bonds is 6. The molecule has 0 saturated heterocycles. The molecule has 0 aliphatic heterocycles. The van der Waals surface area contributed by atoms with Crippen LogP contribution in [0.25, 0.3) is 0 Å². The van der Waals surface area contributed by atoms with Crippen LogP contribution in [0.2, 0.25) is 0 Å². The molecule has 0 saturated carbocycles. The Kier molecular flexibility index (Phi) is 4.57. The van der Waals surface area contributed by atoms with Gasteiger partial charge < -0.3 is 10.6 Å². The summed E-state index contributed by atoms with van der Waals surface area (Å²) in [7, 11) is 0. The quantitative estimate of drug-likeness (QED) is 0.730. The van der Waals surface area contributed by atoms with Gasteiger partial charge in [-0.15, -0.1) is 0 Å². The van der Waals surface area contributed by atoms with Crippen LogP contribution in [0, 0.1) is 0 Å². The third kappa shape index (κ3) is 4.02. The summed E-state index contributed by atoms with van der Waals surface area (Å²) in [6.07, 6.45) is 5.29. The smallest absolute Gasteiger partial charge is 0.224 e. The summed E-state index contributed by atoms with van der Waals surface area (Å²) in [5, 5.41) is 6.51. The second-order valence-electron chi connectivity index (χ2n) is 4.81. The first kappa shape index (κ1) is 14.0. The molecule has 0 unspecified atom stereocenters. The average Bonchev–Trinajstić information content (AvgIpc) is 2.60. The molecular formula is C17H17N5. The van der Waals surface area contributed by atoms with Crippen molar-refractivity contribution in [3.63, 3.8) is 0 Å². The van der Waals surface area contributed by atoms with Crippen molar-refractivity contribution in [3.05, 3.63) is 78.2 Å². The molecule has 2 N–H and O–H groups in total. The Morgan fingerprint density at radius 3 is 2.27 bits per heavy atom. The zero-order chi connectivity index (χ0) is 15.0. The standard InChI is InChI=1S/C17H17N5/c1-2-4-14(5-3-1)12-20-16-8-11-19-17(22-16)21-13-15-6-9-18-10-7-15/h1-11H,12-13H2,(H2,19,20,21,22). The molecule has 0 spiro atoms. The normalized spacial score (nSPS) is 10.2. The minimum absolute atomic E-state index is 0.606. The number of hydrogen-bond donors (Lipinski definition) is 2. The van der Waals surface area contributed by atoms with Crippen molar-refractivity contribution in [2.24, 2.45) is 0 Å². The molecule has 110 valence electrons. The predicted molar refractivity (Wildman–Crippen MR) is 87.4 cm³/mol. The van der Waals surface area contributed by atoms with E-state index in [1.807, 2.05) is 36.4 Å². The van der Waals surface area contributed by atoms with Gasteiger partial charge in [-0.1, -0.05) is 30.3 Å². The molecule has 0 aliphatic rings. The second kappa shape index (κ2) is 7.17. The van der Waals surface area contributed by atoms with Crippen LogP contribution in [0.15, 0.2) is 67.1 Å². The minimum Gasteiger partial charge on any atom is -0.366 e. The Balaban J connectivity index is 1.58. The Bertz CT molecular complexity index is 642. The van der Waals surface area contributed by atoms with Gasteiger partial charge in [-0.2, -0.15) is 4.98 Å². The summed E-state index contributed by atoms with van der Waals surface area (Å²) in [6.45, 7) is 1.41. The highest BCUT2D eigenvalue weighted by Gasteiger charge is 1.99. The van der Waals surface area contributed by atoms with Crippen molar-refractivity contribution in [1.29, 1.82) is 0 Å². The van der Waals surface area contributed by atoms with Crippen LogP contribution in [0.4, 0.5) is 11.8 Å². The van der Waals surface area contributed by atoms with Crippen molar-refractivity contribution in [3.8, 4) is 0 Å². The lowest BCUT2D eigenvalue weighted by Crippen LogP contribution is -2.06. The van der Waals surface area contributed by atoms with Crippen molar-refractivity contribution in [2.75, 3.05) is 10.6 Å². The maximum atomic E-state index is 4.45. The molecular weight excluding hydrogens is 274 g/mol. The van der Waals surface area contributed by atoms with Gasteiger partial charge in [0.2, 0.25) is 5.95 Å². The largest absolute Gasteiger partial charge is 0.366 e. The SMILES string of the molecule is c1ccc(CNc2ccnc(NCc3ccncc3)n2)cc1. The Hall–Kier alpha value is -2.95. The molecule has 5 heteroatoms. The van der Waals surface area contributed by atoms with Crippen LogP contribution in [0.5, 0.6) is 0 Å². The fraction of sp³-hybridized carbons (Fsp3) is 0.118. The number of hydrogen-bond acceptors (Lipinski definition) is 5. The lowest BCUT2D eigenvalue weighted by Gasteiger charge is -2.08. The van der Waals surface area contributed by atoms with E-state index >= 15 is 0 Å². The number of pyridine rings is 1. The van der Waals surface area contributed by atoms with Gasteiger partial charge in [0.15, 0.2) is 0 Å². The Morgan fingerprint density at radius 1 is 0.727 bits per heavy atom. The monoisotopic (exact) mass is 291 g/mol. The van der Waals surface area contributed by atoms with Crippen molar-refractivity contribution < 1.29 is 0 Å². The van der Waals surface area contributed by atoms with Gasteiger partial charge in [0, 0.05) is 31.7 Å². The molecule has 0 radical (unpaired) electrons. The van der Waals surface area contributed by atoms with Crippen LogP contribution in [-0.4, -0.2) is 15.0 Å². The van der Waals surface area contributed by atoms with Crippen LogP contribution in [0.3, 0.4) is 0 Å². The number of anilines is 2. The van der Waals surface area contributed by atoms with Gasteiger partial charge in [0.1, 0.15) is 5.82 Å². The summed E-state index contributed by atoms with van der Waals surface area (Å²) >= 11 is 0. The third-order valence-corrected chi connectivity index (χ3v) is 3.17. The van der Waals surface area contributed by atoms with Crippen LogP contribution >= 0.6 is 0 Å². The fourth-order valence-corrected chi connectivity index (χ4v) is 2.01. The van der Waals surface area contributed by atoms with E-state index < -0.39 is 0 Å². The zero-order valence-corrected chi connectivity index (χ0v) is 12.1. The van der Waals surface area contributed by atoms with E-state index in [1.165, 1.54) is 5.56 Å². The first-order valence-corrected chi connectivity index (χ1v) is 7.14. The second-order valence-corrected chi connectivity index (χ2v) is 4.81. The van der Waals surface area contributed by atoms with Gasteiger partial charge >= 0.3 is 0 Å². The fourth-order valence-electron chi connectivity index (χ4n) is 2.01. The highest BCUT2D eigenvalue weighted by molar-refractivity contribution is 5.40. The van der Waals surface area contributed by atoms with E-state index in [1.54, 1.807) is 18.6 Å². The maximum Gasteiger partial charge on any atom is 0.224 e. The van der Waals surface area contributed by atoms with Gasteiger partial charge in [0.25, 0.3) is 0 Å². The lowest BCUT2D eigenvalue weighted by atomic mass is 10.2. The van der Waals surface area contributed by atoms with Gasteiger partial charge in [-0.25, -0.2) is 4.98 Å². The van der Waals surface area contributed by atoms with Crippen LogP contribution < -0.4 is 10.6 Å². The van der Waals surface area contributed by atoms with E-state index in [2.05, 4.69) is 37.7 Å². The maximum absolute atomic E-state index is 4.45. The number of aromatic nitrogens is 3. The minimum atomic E-state index is 0.606. The summed E-state index contributed by atoms with van der Waals surface area (Å²) in [5.41, 5.74) is 2.36. The first-order chi connectivity index (χ1) is 10.9. The molecule has 0 bridgehead atoms. The van der Waals surface area contributed by atoms with E-state index in [9.17, 15) is 0 Å². The molecule has 3 rings (SSSR count). The summed E-state index contributed by atoms with van der Waals surface area (Å²) in [5.74, 6) is 1.41. The molecule has 0 aliphatic carbocycles. The van der Waals surface area contributed by atoms with E-state index in [0.29, 0.717) is 12.5 Å². The molecule has 3 aromatic rings. The summed E-state index contributed by atoms with van der Waals surface area (Å²) < 4.78 is 0. The lowest BCUT2D eigenvalue weighted by molar-refractivity contribution is 1.03. The third-order valence-electron chi connectivity index (χ3n) is 3.17. The highest BCUT2D eigenvalue weighted by atomic mass is 15.1. The van der Waals surface area contributed by atoms with Gasteiger partial charge in [-0.3, -0.25) is 4.98 Å². The van der Waals surface area contributed by atoms with E-state index in [4.69, 9.17) is 0 Å². The van der Waals surface area contributed by atoms with Gasteiger partial charge in [-0.05, 0) is 29.3 Å². The molecule has 0 atom stereocenters. The molecule has 2 aromatic heterocycles. The van der Waals surface area contributed by atoms with Crippen LogP contribution in [0.1, 0.15) is 11.1 Å². The first-order valence-electron chi connectivity index (χ1n) is 7.14. The summed E-state index contributed by atoms with van der Waals surface area (Å²) in [4.78, 5) is 12.7. The summed E-state index contributed by atoms with van der Waals surface area (Å²) in [6, 6.07) is 16.0. The molecule has 22 heavy (non-hydrogen) atoms. The number of nitrogens with one attached hydrogen (secondary N) is 2. The zero-order valence-electron chi connectivity index (χ0n) is 12.1.